The Bertz CT molecular complexity index is 1620. The lowest BCUT2D eigenvalue weighted by Crippen LogP contribution is -2.47. The highest BCUT2D eigenvalue weighted by atomic mass is 19.1. The van der Waals surface area contributed by atoms with Crippen LogP contribution in [0.2, 0.25) is 0 Å². The molecule has 1 heterocycles. The predicted octanol–water partition coefficient (Wildman–Crippen LogP) is 6.90. The van der Waals surface area contributed by atoms with E-state index in [9.17, 15) is 9.18 Å². The molecule has 0 saturated heterocycles. The molecule has 1 spiro atoms. The van der Waals surface area contributed by atoms with Gasteiger partial charge >= 0.3 is 6.03 Å². The first-order valence-electron chi connectivity index (χ1n) is 13.7. The topological polar surface area (TPSA) is 50.2 Å². The van der Waals surface area contributed by atoms with Crippen molar-refractivity contribution in [3.05, 3.63) is 118 Å². The van der Waals surface area contributed by atoms with Crippen LogP contribution < -0.4 is 10.2 Å². The number of allylic oxidation sites excluding steroid dienone is 1. The van der Waals surface area contributed by atoms with E-state index in [1.54, 1.807) is 17.0 Å². The van der Waals surface area contributed by atoms with Gasteiger partial charge in [0.1, 0.15) is 5.82 Å². The average Bonchev–Trinajstić information content (AvgIpc) is 3.53. The van der Waals surface area contributed by atoms with Gasteiger partial charge in [0.05, 0.1) is 23.6 Å². The van der Waals surface area contributed by atoms with Crippen LogP contribution in [0.4, 0.5) is 14.9 Å². The number of fused-ring (bicyclic) bond motifs is 2. The van der Waals surface area contributed by atoms with E-state index >= 15 is 0 Å². The monoisotopic (exact) mass is 518 g/mol. The molecule has 196 valence electrons. The first-order valence-corrected chi connectivity index (χ1v) is 13.7. The van der Waals surface area contributed by atoms with E-state index < -0.39 is 0 Å². The summed E-state index contributed by atoms with van der Waals surface area (Å²) >= 11 is 0. The Kier molecular flexibility index (Phi) is 5.48. The number of carbonyl (C=O) groups excluding carboxylic acids is 1. The minimum absolute atomic E-state index is 0.0423. The van der Waals surface area contributed by atoms with Crippen molar-refractivity contribution in [2.45, 2.75) is 44.1 Å². The van der Waals surface area contributed by atoms with Gasteiger partial charge in [-0.2, -0.15) is 5.10 Å². The maximum atomic E-state index is 13.6. The lowest BCUT2D eigenvalue weighted by atomic mass is 9.58. The van der Waals surface area contributed by atoms with Gasteiger partial charge in [-0.1, -0.05) is 42.0 Å². The van der Waals surface area contributed by atoms with E-state index in [4.69, 9.17) is 5.10 Å². The molecule has 3 atom stereocenters. The lowest BCUT2D eigenvalue weighted by molar-refractivity contribution is 0.229. The molecule has 1 aromatic heterocycles. The Morgan fingerprint density at radius 3 is 2.74 bits per heavy atom. The Balaban J connectivity index is 1.23. The Hall–Kier alpha value is -4.19. The molecular weight excluding hydrogens is 487 g/mol. The summed E-state index contributed by atoms with van der Waals surface area (Å²) in [5, 5.41) is 8.08. The first kappa shape index (κ1) is 23.9. The summed E-state index contributed by atoms with van der Waals surface area (Å²) in [6.45, 7) is 2.04. The summed E-state index contributed by atoms with van der Waals surface area (Å²) in [5.41, 5.74) is 9.09. The second-order valence-corrected chi connectivity index (χ2v) is 11.2. The third-order valence-electron chi connectivity index (χ3n) is 9.10. The van der Waals surface area contributed by atoms with Crippen LogP contribution in [0.3, 0.4) is 0 Å². The highest BCUT2D eigenvalue weighted by Crippen LogP contribution is 2.60. The SMILES string of the molecule is Cc1cccc(N(C)C(=O)NC2C[C@H]3CCC4=Cc5c(cnn5-c5ccc(F)cc5)C[C@@]43c3ccccc32)c1. The van der Waals surface area contributed by atoms with Crippen LogP contribution in [0.15, 0.2) is 84.6 Å². The summed E-state index contributed by atoms with van der Waals surface area (Å²) in [6, 6.07) is 23.1. The predicted molar refractivity (Wildman–Crippen MR) is 152 cm³/mol. The van der Waals surface area contributed by atoms with E-state index in [-0.39, 0.29) is 23.3 Å². The number of rotatable bonds is 3. The number of hydrogen-bond donors (Lipinski definition) is 1. The fourth-order valence-electron chi connectivity index (χ4n) is 7.22. The number of nitrogens with one attached hydrogen (secondary N) is 1. The molecule has 1 N–H and O–H groups in total. The van der Waals surface area contributed by atoms with Crippen molar-refractivity contribution in [1.29, 1.82) is 0 Å². The molecule has 5 nitrogen and oxygen atoms in total. The minimum Gasteiger partial charge on any atom is -0.331 e. The number of aryl methyl sites for hydroxylation is 1. The summed E-state index contributed by atoms with van der Waals surface area (Å²) in [6.07, 6.45) is 8.22. The molecule has 4 aromatic rings. The van der Waals surface area contributed by atoms with Crippen molar-refractivity contribution in [3.8, 4) is 5.69 Å². The molecule has 1 fully saturated rings. The summed E-state index contributed by atoms with van der Waals surface area (Å²) in [4.78, 5) is 15.1. The molecule has 1 unspecified atom stereocenters. The van der Waals surface area contributed by atoms with Gasteiger partial charge in [-0.25, -0.2) is 13.9 Å². The highest BCUT2D eigenvalue weighted by molar-refractivity contribution is 5.91. The van der Waals surface area contributed by atoms with Gasteiger partial charge in [0.2, 0.25) is 0 Å². The van der Waals surface area contributed by atoms with Crippen molar-refractivity contribution in [2.75, 3.05) is 11.9 Å². The maximum Gasteiger partial charge on any atom is 0.322 e. The van der Waals surface area contributed by atoms with E-state index in [0.29, 0.717) is 5.92 Å². The molecule has 0 aliphatic heterocycles. The molecule has 3 aliphatic carbocycles. The van der Waals surface area contributed by atoms with Gasteiger partial charge in [0.25, 0.3) is 0 Å². The number of carbonyl (C=O) groups is 1. The van der Waals surface area contributed by atoms with E-state index in [2.05, 4.69) is 35.7 Å². The maximum absolute atomic E-state index is 13.6. The molecule has 39 heavy (non-hydrogen) atoms. The Morgan fingerprint density at radius 2 is 1.92 bits per heavy atom. The molecule has 0 bridgehead atoms. The highest BCUT2D eigenvalue weighted by Gasteiger charge is 2.54. The van der Waals surface area contributed by atoms with Crippen LogP contribution in [-0.4, -0.2) is 22.9 Å². The largest absolute Gasteiger partial charge is 0.331 e. The standard InChI is InChI=1S/C33H31FN4O/c1-21-6-5-7-27(16-21)37(2)32(39)36-30-17-23-10-11-24-18-31-22(19-33(23,24)29-9-4-3-8-28(29)30)20-35-38(31)26-14-12-25(34)13-15-26/h3-9,12-16,18,20,23,30H,10-11,17,19H2,1-2H3,(H,36,39)/t23-,30?,33+/m1/s1. The van der Waals surface area contributed by atoms with Crippen LogP contribution in [-0.2, 0) is 11.8 Å². The number of nitrogens with zero attached hydrogens (tertiary/aromatic N) is 3. The number of amides is 2. The molecule has 3 aliphatic rings. The summed E-state index contributed by atoms with van der Waals surface area (Å²) in [7, 11) is 1.83. The van der Waals surface area contributed by atoms with Gasteiger partial charge in [0.15, 0.2) is 0 Å². The van der Waals surface area contributed by atoms with Gasteiger partial charge in [-0.15, -0.1) is 0 Å². The number of anilines is 1. The molecule has 3 aromatic carbocycles. The van der Waals surface area contributed by atoms with Crippen molar-refractivity contribution in [2.24, 2.45) is 5.92 Å². The van der Waals surface area contributed by atoms with Crippen molar-refractivity contribution >= 4 is 17.8 Å². The third-order valence-corrected chi connectivity index (χ3v) is 9.10. The van der Waals surface area contributed by atoms with Gasteiger partial charge in [-0.3, -0.25) is 4.90 Å². The van der Waals surface area contributed by atoms with Crippen LogP contribution in [0.5, 0.6) is 0 Å². The van der Waals surface area contributed by atoms with Crippen LogP contribution in [0.25, 0.3) is 11.8 Å². The zero-order valence-corrected chi connectivity index (χ0v) is 22.2. The van der Waals surface area contributed by atoms with E-state index in [1.807, 2.05) is 49.1 Å². The molecule has 7 rings (SSSR count). The fraction of sp³-hybridized carbons (Fsp3) is 0.273. The molecular formula is C33H31FN4O. The molecule has 6 heteroatoms. The van der Waals surface area contributed by atoms with E-state index in [0.717, 1.165) is 48.3 Å². The molecule has 0 radical (unpaired) electrons. The van der Waals surface area contributed by atoms with Crippen LogP contribution in [0.1, 0.15) is 53.3 Å². The number of benzene rings is 3. The smallest absolute Gasteiger partial charge is 0.322 e. The number of urea groups is 1. The second kappa shape index (κ2) is 8.94. The fourth-order valence-corrected chi connectivity index (χ4v) is 7.22. The van der Waals surface area contributed by atoms with Crippen LogP contribution >= 0.6 is 0 Å². The second-order valence-electron chi connectivity index (χ2n) is 11.2. The van der Waals surface area contributed by atoms with Gasteiger partial charge in [0, 0.05) is 18.2 Å². The number of aromatic nitrogens is 2. The van der Waals surface area contributed by atoms with E-state index in [1.165, 1.54) is 34.4 Å². The number of hydrogen-bond acceptors (Lipinski definition) is 2. The Morgan fingerprint density at radius 1 is 1.10 bits per heavy atom. The quantitative estimate of drug-likeness (QED) is 0.321. The lowest BCUT2D eigenvalue weighted by Gasteiger charge is -2.47. The third kappa shape index (κ3) is 3.73. The normalized spacial score (nSPS) is 22.7. The van der Waals surface area contributed by atoms with Gasteiger partial charge in [-0.05, 0) is 103 Å². The Labute approximate surface area is 228 Å². The van der Waals surface area contributed by atoms with Crippen molar-refractivity contribution in [1.82, 2.24) is 15.1 Å². The molecule has 1 saturated carbocycles. The number of halogens is 1. The average molecular weight is 519 g/mol. The zero-order valence-electron chi connectivity index (χ0n) is 22.2. The van der Waals surface area contributed by atoms with Crippen molar-refractivity contribution in [3.63, 3.8) is 0 Å². The van der Waals surface area contributed by atoms with Crippen LogP contribution in [0, 0.1) is 18.7 Å². The van der Waals surface area contributed by atoms with Gasteiger partial charge < -0.3 is 5.32 Å². The molecule has 2 amide bonds. The summed E-state index contributed by atoms with van der Waals surface area (Å²) < 4.78 is 15.5. The zero-order chi connectivity index (χ0) is 26.7. The summed E-state index contributed by atoms with van der Waals surface area (Å²) in [5.74, 6) is 0.178. The first-order chi connectivity index (χ1) is 18.9. The minimum atomic E-state index is -0.249. The van der Waals surface area contributed by atoms with Crippen molar-refractivity contribution < 1.29 is 9.18 Å².